The topological polar surface area (TPSA) is 61.6 Å². The highest BCUT2D eigenvalue weighted by Gasteiger charge is 2.43. The molecule has 3 rings (SSSR count). The van der Waals surface area contributed by atoms with Crippen molar-refractivity contribution in [2.24, 2.45) is 0 Å². The van der Waals surface area contributed by atoms with Gasteiger partial charge in [0.1, 0.15) is 6.26 Å². The summed E-state index contributed by atoms with van der Waals surface area (Å²) in [6.45, 7) is 2.80. The Kier molecular flexibility index (Phi) is 3.90. The van der Waals surface area contributed by atoms with Crippen LogP contribution < -0.4 is 5.32 Å². The maximum absolute atomic E-state index is 13.1. The van der Waals surface area contributed by atoms with E-state index in [1.54, 1.807) is 4.90 Å². The van der Waals surface area contributed by atoms with E-state index < -0.39 is 24.9 Å². The fourth-order valence-corrected chi connectivity index (χ4v) is 2.79. The van der Waals surface area contributed by atoms with Gasteiger partial charge in [-0.25, -0.2) is 8.78 Å². The number of halogens is 2. The van der Waals surface area contributed by atoms with Crippen molar-refractivity contribution < 1.29 is 18.1 Å². The number of aromatic nitrogens is 1. The van der Waals surface area contributed by atoms with Crippen LogP contribution in [0.25, 0.3) is 0 Å². The number of hydrogen-bond donors (Lipinski definition) is 1. The summed E-state index contributed by atoms with van der Waals surface area (Å²) in [7, 11) is 0. The number of rotatable bonds is 3. The van der Waals surface area contributed by atoms with Crippen molar-refractivity contribution in [1.82, 2.24) is 20.3 Å². The van der Waals surface area contributed by atoms with Crippen LogP contribution in [0.1, 0.15) is 12.1 Å². The molecule has 1 aromatic heterocycles. The predicted octanol–water partition coefficient (Wildman–Crippen LogP) is 0.316. The van der Waals surface area contributed by atoms with Gasteiger partial charge in [-0.05, 0) is 0 Å². The molecule has 1 amide bonds. The molecule has 0 bridgehead atoms. The Morgan fingerprint density at radius 1 is 1.43 bits per heavy atom. The molecule has 2 saturated heterocycles. The van der Waals surface area contributed by atoms with Crippen molar-refractivity contribution >= 4 is 5.91 Å². The van der Waals surface area contributed by atoms with Crippen LogP contribution >= 0.6 is 0 Å². The van der Waals surface area contributed by atoms with Gasteiger partial charge < -0.3 is 9.42 Å². The maximum Gasteiger partial charge on any atom is 0.262 e. The third kappa shape index (κ3) is 3.38. The highest BCUT2D eigenvalue weighted by atomic mass is 19.3. The molecular formula is C13H18F2N4O2. The molecule has 2 aliphatic heterocycles. The summed E-state index contributed by atoms with van der Waals surface area (Å²) in [6.07, 6.45) is 1.13. The van der Waals surface area contributed by atoms with E-state index in [-0.39, 0.29) is 5.91 Å². The average molecular weight is 300 g/mol. The highest BCUT2D eigenvalue weighted by molar-refractivity contribution is 5.82. The summed E-state index contributed by atoms with van der Waals surface area (Å²) < 4.78 is 31.1. The molecule has 116 valence electrons. The van der Waals surface area contributed by atoms with Gasteiger partial charge in [-0.1, -0.05) is 5.16 Å². The van der Waals surface area contributed by atoms with Crippen LogP contribution in [-0.4, -0.2) is 65.6 Å². The molecule has 0 radical (unpaired) electrons. The van der Waals surface area contributed by atoms with Crippen LogP contribution in [0, 0.1) is 0 Å². The van der Waals surface area contributed by atoms with Crippen molar-refractivity contribution in [3.05, 3.63) is 18.0 Å². The lowest BCUT2D eigenvalue weighted by molar-refractivity contribution is -0.135. The number of amides is 1. The average Bonchev–Trinajstić information content (AvgIpc) is 3.08. The first-order chi connectivity index (χ1) is 10.0. The number of alkyl halides is 2. The lowest BCUT2D eigenvalue weighted by Gasteiger charge is -2.35. The number of nitrogens with one attached hydrogen (secondary N) is 1. The van der Waals surface area contributed by atoms with Crippen molar-refractivity contribution in [1.29, 1.82) is 0 Å². The standard InChI is InChI=1S/C13H18F2N4O2/c14-13(15)7-11(16-9-13)12(20)19-4-2-18(3-5-19)8-10-1-6-21-17-10/h1,6,11,16H,2-5,7-9H2. The molecule has 2 fully saturated rings. The molecule has 1 N–H and O–H groups in total. The van der Waals surface area contributed by atoms with Gasteiger partial charge in [0.2, 0.25) is 5.91 Å². The number of hydrogen-bond acceptors (Lipinski definition) is 5. The smallest absolute Gasteiger partial charge is 0.262 e. The van der Waals surface area contributed by atoms with E-state index in [2.05, 4.69) is 15.4 Å². The molecule has 2 aliphatic rings. The minimum atomic E-state index is -2.77. The molecule has 0 aromatic carbocycles. The zero-order valence-corrected chi connectivity index (χ0v) is 11.6. The van der Waals surface area contributed by atoms with Gasteiger partial charge in [0, 0.05) is 45.2 Å². The molecule has 3 heterocycles. The largest absolute Gasteiger partial charge is 0.364 e. The second-order valence-corrected chi connectivity index (χ2v) is 5.59. The first kappa shape index (κ1) is 14.4. The summed E-state index contributed by atoms with van der Waals surface area (Å²) in [4.78, 5) is 16.0. The quantitative estimate of drug-likeness (QED) is 0.871. The normalized spacial score (nSPS) is 26.2. The summed E-state index contributed by atoms with van der Waals surface area (Å²) >= 11 is 0. The molecule has 6 nitrogen and oxygen atoms in total. The minimum absolute atomic E-state index is 0.215. The van der Waals surface area contributed by atoms with Crippen molar-refractivity contribution in [2.75, 3.05) is 32.7 Å². The van der Waals surface area contributed by atoms with Gasteiger partial charge in [0.25, 0.3) is 5.92 Å². The predicted molar refractivity (Wildman–Crippen MR) is 69.7 cm³/mol. The van der Waals surface area contributed by atoms with Crippen molar-refractivity contribution in [3.8, 4) is 0 Å². The molecule has 1 unspecified atom stereocenters. The zero-order valence-electron chi connectivity index (χ0n) is 11.6. The van der Waals surface area contributed by atoms with E-state index in [1.807, 2.05) is 6.07 Å². The monoisotopic (exact) mass is 300 g/mol. The minimum Gasteiger partial charge on any atom is -0.364 e. The second-order valence-electron chi connectivity index (χ2n) is 5.59. The van der Waals surface area contributed by atoms with Crippen molar-refractivity contribution in [2.45, 2.75) is 24.9 Å². The van der Waals surface area contributed by atoms with Crippen LogP contribution in [0.5, 0.6) is 0 Å². The van der Waals surface area contributed by atoms with Crippen molar-refractivity contribution in [3.63, 3.8) is 0 Å². The van der Waals surface area contributed by atoms with Gasteiger partial charge in [-0.2, -0.15) is 0 Å². The van der Waals surface area contributed by atoms with Crippen LogP contribution in [-0.2, 0) is 11.3 Å². The molecule has 1 aromatic rings. The summed E-state index contributed by atoms with van der Waals surface area (Å²) in [5, 5.41) is 6.47. The molecular weight excluding hydrogens is 282 g/mol. The molecule has 21 heavy (non-hydrogen) atoms. The Balaban J connectivity index is 1.48. The number of carbonyl (C=O) groups is 1. The molecule has 0 spiro atoms. The number of carbonyl (C=O) groups excluding carboxylic acids is 1. The molecule has 0 aliphatic carbocycles. The van der Waals surface area contributed by atoms with Crippen LogP contribution in [0.4, 0.5) is 8.78 Å². The number of piperazine rings is 1. The van der Waals surface area contributed by atoms with E-state index in [1.165, 1.54) is 6.26 Å². The van der Waals surface area contributed by atoms with Gasteiger partial charge in [-0.3, -0.25) is 15.0 Å². The Hall–Kier alpha value is -1.54. The highest BCUT2D eigenvalue weighted by Crippen LogP contribution is 2.26. The van der Waals surface area contributed by atoms with Crippen LogP contribution in [0.3, 0.4) is 0 Å². The lowest BCUT2D eigenvalue weighted by atomic mass is 10.1. The summed E-state index contributed by atoms with van der Waals surface area (Å²) in [6, 6.07) is 1.06. The van der Waals surface area contributed by atoms with E-state index >= 15 is 0 Å². The summed E-state index contributed by atoms with van der Waals surface area (Å²) in [5.41, 5.74) is 0.854. The molecule has 1 atom stereocenters. The van der Waals surface area contributed by atoms with E-state index in [0.29, 0.717) is 32.7 Å². The molecule has 0 saturated carbocycles. The fraction of sp³-hybridized carbons (Fsp3) is 0.692. The van der Waals surface area contributed by atoms with Gasteiger partial charge in [0.05, 0.1) is 18.3 Å². The summed E-state index contributed by atoms with van der Waals surface area (Å²) in [5.74, 6) is -2.98. The third-order valence-corrected chi connectivity index (χ3v) is 3.97. The van der Waals surface area contributed by atoms with Crippen LogP contribution in [0.15, 0.2) is 16.9 Å². The second kappa shape index (κ2) is 5.69. The SMILES string of the molecule is O=C(C1CC(F)(F)CN1)N1CCN(Cc2ccon2)CC1. The Labute approximate surface area is 121 Å². The lowest BCUT2D eigenvalue weighted by Crippen LogP contribution is -2.52. The van der Waals surface area contributed by atoms with E-state index in [9.17, 15) is 13.6 Å². The van der Waals surface area contributed by atoms with E-state index in [0.717, 1.165) is 5.69 Å². The maximum atomic E-state index is 13.1. The molecule has 8 heteroatoms. The first-order valence-corrected chi connectivity index (χ1v) is 7.05. The van der Waals surface area contributed by atoms with Gasteiger partial charge in [-0.15, -0.1) is 0 Å². The first-order valence-electron chi connectivity index (χ1n) is 7.05. The number of nitrogens with zero attached hydrogens (tertiary/aromatic N) is 3. The Morgan fingerprint density at radius 2 is 2.19 bits per heavy atom. The fourth-order valence-electron chi connectivity index (χ4n) is 2.79. The van der Waals surface area contributed by atoms with E-state index in [4.69, 9.17) is 4.52 Å². The van der Waals surface area contributed by atoms with Gasteiger partial charge in [0.15, 0.2) is 0 Å². The van der Waals surface area contributed by atoms with Crippen LogP contribution in [0.2, 0.25) is 0 Å². The zero-order chi connectivity index (χ0) is 14.9. The Bertz CT molecular complexity index is 486. The third-order valence-electron chi connectivity index (χ3n) is 3.97. The van der Waals surface area contributed by atoms with Gasteiger partial charge >= 0.3 is 0 Å². The Morgan fingerprint density at radius 3 is 2.76 bits per heavy atom.